The molecule has 0 atom stereocenters. The highest BCUT2D eigenvalue weighted by atomic mass is 32.1. The SMILES string of the molecule is Cc1nc(C)c(-c2cc[nH]n2)s1. The summed E-state index contributed by atoms with van der Waals surface area (Å²) in [6.07, 6.45) is 1.82. The Labute approximate surface area is 74.5 Å². The van der Waals surface area contributed by atoms with Crippen LogP contribution < -0.4 is 0 Å². The van der Waals surface area contributed by atoms with E-state index in [2.05, 4.69) is 15.2 Å². The molecule has 0 amide bonds. The average Bonchev–Trinajstić information content (AvgIpc) is 2.58. The van der Waals surface area contributed by atoms with Crippen molar-refractivity contribution in [3.8, 4) is 10.6 Å². The van der Waals surface area contributed by atoms with Gasteiger partial charge in [-0.3, -0.25) is 5.10 Å². The van der Waals surface area contributed by atoms with Crippen molar-refractivity contribution >= 4 is 11.3 Å². The first-order valence-corrected chi connectivity index (χ1v) is 4.53. The van der Waals surface area contributed by atoms with Gasteiger partial charge in [0.15, 0.2) is 0 Å². The van der Waals surface area contributed by atoms with Crippen molar-refractivity contribution in [2.24, 2.45) is 0 Å². The maximum Gasteiger partial charge on any atom is 0.104 e. The van der Waals surface area contributed by atoms with Crippen molar-refractivity contribution in [2.45, 2.75) is 13.8 Å². The Bertz CT molecular complexity index is 375. The predicted molar refractivity (Wildman–Crippen MR) is 49.2 cm³/mol. The highest BCUT2D eigenvalue weighted by Gasteiger charge is 2.07. The molecule has 0 aliphatic heterocycles. The smallest absolute Gasteiger partial charge is 0.104 e. The molecule has 0 fully saturated rings. The van der Waals surface area contributed by atoms with Crippen LogP contribution in [0.4, 0.5) is 0 Å². The number of hydrogen-bond donors (Lipinski definition) is 1. The molecule has 0 aromatic carbocycles. The van der Waals surface area contributed by atoms with E-state index < -0.39 is 0 Å². The fourth-order valence-electron chi connectivity index (χ4n) is 1.16. The lowest BCUT2D eigenvalue weighted by Gasteiger charge is -1.88. The van der Waals surface area contributed by atoms with Crippen LogP contribution in [0.15, 0.2) is 12.3 Å². The summed E-state index contributed by atoms with van der Waals surface area (Å²) in [7, 11) is 0. The van der Waals surface area contributed by atoms with Crippen molar-refractivity contribution in [3.63, 3.8) is 0 Å². The van der Waals surface area contributed by atoms with Crippen LogP contribution in [0.3, 0.4) is 0 Å². The minimum atomic E-state index is 0.984. The van der Waals surface area contributed by atoms with Crippen LogP contribution in [0.2, 0.25) is 0 Å². The maximum absolute atomic E-state index is 4.33. The number of nitrogens with one attached hydrogen (secondary N) is 1. The Morgan fingerprint density at radius 2 is 2.25 bits per heavy atom. The molecule has 1 N–H and O–H groups in total. The lowest BCUT2D eigenvalue weighted by atomic mass is 10.3. The number of hydrogen-bond acceptors (Lipinski definition) is 3. The van der Waals surface area contributed by atoms with Crippen molar-refractivity contribution in [2.75, 3.05) is 0 Å². The molecule has 0 saturated carbocycles. The highest BCUT2D eigenvalue weighted by Crippen LogP contribution is 2.27. The highest BCUT2D eigenvalue weighted by molar-refractivity contribution is 7.15. The number of H-pyrrole nitrogens is 1. The van der Waals surface area contributed by atoms with E-state index in [1.54, 1.807) is 11.3 Å². The Hall–Kier alpha value is -1.16. The number of aromatic nitrogens is 3. The molecule has 0 saturated heterocycles. The Morgan fingerprint density at radius 3 is 2.75 bits per heavy atom. The van der Waals surface area contributed by atoms with Crippen LogP contribution in [-0.2, 0) is 0 Å². The fourth-order valence-corrected chi connectivity index (χ4v) is 2.05. The molecule has 0 spiro atoms. The summed E-state index contributed by atoms with van der Waals surface area (Å²) in [5.41, 5.74) is 2.04. The van der Waals surface area contributed by atoms with E-state index >= 15 is 0 Å². The Kier molecular flexibility index (Phi) is 1.69. The van der Waals surface area contributed by atoms with Gasteiger partial charge in [0, 0.05) is 6.20 Å². The zero-order valence-corrected chi connectivity index (χ0v) is 7.77. The van der Waals surface area contributed by atoms with Crippen molar-refractivity contribution < 1.29 is 0 Å². The zero-order valence-electron chi connectivity index (χ0n) is 6.96. The van der Waals surface area contributed by atoms with Crippen LogP contribution in [0.25, 0.3) is 10.6 Å². The van der Waals surface area contributed by atoms with Crippen molar-refractivity contribution in [3.05, 3.63) is 23.0 Å². The molecule has 0 bridgehead atoms. The van der Waals surface area contributed by atoms with Crippen LogP contribution in [0, 0.1) is 13.8 Å². The molecule has 0 radical (unpaired) electrons. The van der Waals surface area contributed by atoms with E-state index in [1.807, 2.05) is 26.1 Å². The zero-order chi connectivity index (χ0) is 8.55. The van der Waals surface area contributed by atoms with Crippen LogP contribution in [-0.4, -0.2) is 15.2 Å². The van der Waals surface area contributed by atoms with E-state index in [9.17, 15) is 0 Å². The number of nitrogens with zero attached hydrogens (tertiary/aromatic N) is 2. The van der Waals surface area contributed by atoms with Crippen LogP contribution >= 0.6 is 11.3 Å². The monoisotopic (exact) mass is 179 g/mol. The molecular weight excluding hydrogens is 170 g/mol. The summed E-state index contributed by atoms with van der Waals surface area (Å²) < 4.78 is 0. The predicted octanol–water partition coefficient (Wildman–Crippen LogP) is 2.15. The Morgan fingerprint density at radius 1 is 1.42 bits per heavy atom. The van der Waals surface area contributed by atoms with Gasteiger partial charge in [0.05, 0.1) is 15.6 Å². The molecule has 2 aromatic rings. The van der Waals surface area contributed by atoms with Crippen molar-refractivity contribution in [1.29, 1.82) is 0 Å². The van der Waals surface area contributed by atoms with Crippen LogP contribution in [0.5, 0.6) is 0 Å². The van der Waals surface area contributed by atoms with E-state index in [0.717, 1.165) is 21.3 Å². The first-order valence-electron chi connectivity index (χ1n) is 3.71. The van der Waals surface area contributed by atoms with E-state index in [0.29, 0.717) is 0 Å². The quantitative estimate of drug-likeness (QED) is 0.728. The molecule has 12 heavy (non-hydrogen) atoms. The third kappa shape index (κ3) is 1.14. The normalized spacial score (nSPS) is 10.5. The van der Waals surface area contributed by atoms with Gasteiger partial charge in [-0.15, -0.1) is 11.3 Å². The molecule has 2 heterocycles. The number of thiazole rings is 1. The topological polar surface area (TPSA) is 41.6 Å². The van der Waals surface area contributed by atoms with Crippen LogP contribution in [0.1, 0.15) is 10.7 Å². The minimum absolute atomic E-state index is 0.984. The molecule has 62 valence electrons. The summed E-state index contributed by atoms with van der Waals surface area (Å²) >= 11 is 1.68. The van der Waals surface area contributed by atoms with Gasteiger partial charge in [-0.2, -0.15) is 5.10 Å². The molecule has 4 heteroatoms. The summed E-state index contributed by atoms with van der Waals surface area (Å²) in [6.45, 7) is 4.02. The van der Waals surface area contributed by atoms with E-state index in [-0.39, 0.29) is 0 Å². The van der Waals surface area contributed by atoms with Gasteiger partial charge in [-0.05, 0) is 19.9 Å². The van der Waals surface area contributed by atoms with Gasteiger partial charge in [-0.25, -0.2) is 4.98 Å². The number of rotatable bonds is 1. The molecule has 3 nitrogen and oxygen atoms in total. The summed E-state index contributed by atoms with van der Waals surface area (Å²) in [6, 6.07) is 1.96. The second-order valence-electron chi connectivity index (χ2n) is 2.61. The van der Waals surface area contributed by atoms with Gasteiger partial charge >= 0.3 is 0 Å². The minimum Gasteiger partial charge on any atom is -0.285 e. The summed E-state index contributed by atoms with van der Waals surface area (Å²) in [5, 5.41) is 7.99. The Balaban J connectivity index is 2.54. The lowest BCUT2D eigenvalue weighted by molar-refractivity contribution is 1.09. The molecule has 0 aliphatic rings. The average molecular weight is 179 g/mol. The molecule has 0 unspecified atom stereocenters. The van der Waals surface area contributed by atoms with Gasteiger partial charge in [0.25, 0.3) is 0 Å². The standard InChI is InChI=1S/C8H9N3S/c1-5-8(12-6(2)10-5)7-3-4-9-11-7/h3-4H,1-2H3,(H,9,11). The number of aryl methyl sites for hydroxylation is 2. The summed E-state index contributed by atoms with van der Waals surface area (Å²) in [4.78, 5) is 5.49. The molecule has 2 aromatic heterocycles. The van der Waals surface area contributed by atoms with Gasteiger partial charge in [0.2, 0.25) is 0 Å². The third-order valence-electron chi connectivity index (χ3n) is 1.64. The van der Waals surface area contributed by atoms with E-state index in [4.69, 9.17) is 0 Å². The third-order valence-corrected chi connectivity index (χ3v) is 2.73. The lowest BCUT2D eigenvalue weighted by Crippen LogP contribution is -1.77. The van der Waals surface area contributed by atoms with Gasteiger partial charge < -0.3 is 0 Å². The number of aromatic amines is 1. The molecule has 2 rings (SSSR count). The first-order chi connectivity index (χ1) is 5.77. The van der Waals surface area contributed by atoms with Gasteiger partial charge in [0.1, 0.15) is 5.69 Å². The first kappa shape index (κ1) is 7.49. The summed E-state index contributed by atoms with van der Waals surface area (Å²) in [5.74, 6) is 0. The van der Waals surface area contributed by atoms with Crippen molar-refractivity contribution in [1.82, 2.24) is 15.2 Å². The maximum atomic E-state index is 4.33. The molecular formula is C8H9N3S. The fraction of sp³-hybridized carbons (Fsp3) is 0.250. The second-order valence-corrected chi connectivity index (χ2v) is 3.81. The molecule has 0 aliphatic carbocycles. The second kappa shape index (κ2) is 2.71. The van der Waals surface area contributed by atoms with Gasteiger partial charge in [-0.1, -0.05) is 0 Å². The van der Waals surface area contributed by atoms with E-state index in [1.165, 1.54) is 0 Å². The largest absolute Gasteiger partial charge is 0.285 e.